The summed E-state index contributed by atoms with van der Waals surface area (Å²) < 4.78 is 33.0. The SMILES string of the molecule is CC(C)[C@H](NC(=O)N[C@H](C(=O)N1C[C@H]2[C@@H]([C@H]1C(=O)N[C@@H](CC(F)F)C(=O)NCCc1ccc(C(=O)N(C)C)cc1)C2(C)C)C(C)(C)C)C(=O)OC(C)(C)C. The minimum atomic E-state index is -2.91. The lowest BCUT2D eigenvalue weighted by molar-refractivity contribution is -0.158. The number of fused-ring (bicyclic) bond motifs is 1. The number of hydrogen-bond donors (Lipinski definition) is 4. The quantitative estimate of drug-likeness (QED) is 0.210. The number of alkyl halides is 2. The van der Waals surface area contributed by atoms with Gasteiger partial charge in [-0.25, -0.2) is 18.4 Å². The van der Waals surface area contributed by atoms with E-state index >= 15 is 0 Å². The monoisotopic (exact) mass is 762 g/mol. The Labute approximate surface area is 318 Å². The Bertz CT molecular complexity index is 1550. The number of urea groups is 1. The molecule has 302 valence electrons. The van der Waals surface area contributed by atoms with Crippen molar-refractivity contribution >= 4 is 35.6 Å². The number of nitrogens with zero attached hydrogens (tertiary/aromatic N) is 2. The van der Waals surface area contributed by atoms with Crippen LogP contribution in [0.5, 0.6) is 0 Å². The first-order chi connectivity index (χ1) is 24.8. The molecular weight excluding hydrogens is 702 g/mol. The van der Waals surface area contributed by atoms with Crippen LogP contribution in [0.25, 0.3) is 0 Å². The topological polar surface area (TPSA) is 166 Å². The number of piperidine rings is 1. The third kappa shape index (κ3) is 11.1. The van der Waals surface area contributed by atoms with E-state index in [1.54, 1.807) is 93.8 Å². The molecule has 1 heterocycles. The zero-order valence-corrected chi connectivity index (χ0v) is 33.8. The normalized spacial score (nSPS) is 20.7. The Morgan fingerprint density at radius 3 is 2.04 bits per heavy atom. The second-order valence-electron chi connectivity index (χ2n) is 17.7. The van der Waals surface area contributed by atoms with Gasteiger partial charge in [0.05, 0.1) is 0 Å². The number of ether oxygens (including phenoxy) is 1. The number of carbonyl (C=O) groups is 6. The number of rotatable bonds is 14. The number of halogens is 2. The van der Waals surface area contributed by atoms with Crippen molar-refractivity contribution in [2.24, 2.45) is 28.6 Å². The molecule has 1 saturated heterocycles. The van der Waals surface area contributed by atoms with E-state index in [1.807, 2.05) is 13.8 Å². The van der Waals surface area contributed by atoms with E-state index in [0.717, 1.165) is 5.56 Å². The number of likely N-dealkylation sites (tertiary alicyclic amines) is 1. The van der Waals surface area contributed by atoms with E-state index in [9.17, 15) is 37.5 Å². The molecule has 0 aromatic heterocycles. The highest BCUT2D eigenvalue weighted by molar-refractivity contribution is 5.96. The van der Waals surface area contributed by atoms with Gasteiger partial charge in [-0.3, -0.25) is 19.2 Å². The molecule has 1 aliphatic carbocycles. The van der Waals surface area contributed by atoms with E-state index in [2.05, 4.69) is 21.3 Å². The Morgan fingerprint density at radius 2 is 1.54 bits per heavy atom. The van der Waals surface area contributed by atoms with Gasteiger partial charge in [0.2, 0.25) is 24.1 Å². The van der Waals surface area contributed by atoms with Crippen LogP contribution < -0.4 is 21.3 Å². The Morgan fingerprint density at radius 1 is 0.944 bits per heavy atom. The first-order valence-corrected chi connectivity index (χ1v) is 18.5. The van der Waals surface area contributed by atoms with Gasteiger partial charge in [-0.05, 0) is 73.5 Å². The van der Waals surface area contributed by atoms with Crippen LogP contribution in [-0.4, -0.2) is 109 Å². The summed E-state index contributed by atoms with van der Waals surface area (Å²) in [6, 6.07) is 1.25. The Kier molecular flexibility index (Phi) is 13.9. The summed E-state index contributed by atoms with van der Waals surface area (Å²) in [5.41, 5.74) is -0.659. The van der Waals surface area contributed by atoms with Crippen LogP contribution in [0.3, 0.4) is 0 Å². The van der Waals surface area contributed by atoms with E-state index in [4.69, 9.17) is 4.74 Å². The summed E-state index contributed by atoms with van der Waals surface area (Å²) in [5, 5.41) is 10.5. The third-order valence-electron chi connectivity index (χ3n) is 10.1. The van der Waals surface area contributed by atoms with E-state index < -0.39 is 77.8 Å². The van der Waals surface area contributed by atoms with Crippen molar-refractivity contribution in [3.8, 4) is 0 Å². The largest absolute Gasteiger partial charge is 0.458 e. The first kappa shape index (κ1) is 44.1. The van der Waals surface area contributed by atoms with Gasteiger partial charge < -0.3 is 35.8 Å². The number of benzene rings is 1. The molecule has 1 aromatic carbocycles. The van der Waals surface area contributed by atoms with E-state index in [0.29, 0.717) is 12.0 Å². The zero-order chi connectivity index (χ0) is 41.1. The Balaban J connectivity index is 1.76. The molecule has 2 aliphatic rings. The summed E-state index contributed by atoms with van der Waals surface area (Å²) in [7, 11) is 3.29. The molecule has 1 aromatic rings. The third-order valence-corrected chi connectivity index (χ3v) is 10.1. The van der Waals surface area contributed by atoms with Crippen LogP contribution in [0, 0.1) is 28.6 Å². The summed E-state index contributed by atoms with van der Waals surface area (Å²) in [4.78, 5) is 82.8. The number of nitrogens with one attached hydrogen (secondary N) is 4. The molecule has 1 saturated carbocycles. The van der Waals surface area contributed by atoms with Crippen LogP contribution in [0.15, 0.2) is 24.3 Å². The molecule has 4 N–H and O–H groups in total. The van der Waals surface area contributed by atoms with Crippen LogP contribution in [-0.2, 0) is 30.3 Å². The lowest BCUT2D eigenvalue weighted by atomic mass is 9.85. The van der Waals surface area contributed by atoms with E-state index in [1.165, 1.54) is 9.80 Å². The maximum Gasteiger partial charge on any atom is 0.329 e. The van der Waals surface area contributed by atoms with Crippen molar-refractivity contribution < 1.29 is 42.3 Å². The molecule has 0 unspecified atom stereocenters. The van der Waals surface area contributed by atoms with Gasteiger partial charge in [-0.15, -0.1) is 0 Å². The molecule has 15 heteroatoms. The highest BCUT2D eigenvalue weighted by Crippen LogP contribution is 2.65. The number of amides is 6. The van der Waals surface area contributed by atoms with Crippen LogP contribution in [0.1, 0.15) is 91.6 Å². The van der Waals surface area contributed by atoms with Crippen LogP contribution >= 0.6 is 0 Å². The van der Waals surface area contributed by atoms with Crippen LogP contribution in [0.4, 0.5) is 13.6 Å². The number of hydrogen-bond acceptors (Lipinski definition) is 7. The first-order valence-electron chi connectivity index (χ1n) is 18.5. The maximum atomic E-state index is 14.3. The summed E-state index contributed by atoms with van der Waals surface area (Å²) in [6.07, 6.45) is -3.49. The van der Waals surface area contributed by atoms with Crippen molar-refractivity contribution in [3.63, 3.8) is 0 Å². The molecule has 6 atom stereocenters. The molecule has 0 spiro atoms. The van der Waals surface area contributed by atoms with Crippen molar-refractivity contribution in [2.45, 2.75) is 118 Å². The van der Waals surface area contributed by atoms with Gasteiger partial charge >= 0.3 is 12.0 Å². The number of esters is 1. The van der Waals surface area contributed by atoms with Crippen molar-refractivity contribution in [2.75, 3.05) is 27.2 Å². The van der Waals surface area contributed by atoms with Crippen molar-refractivity contribution in [1.29, 1.82) is 0 Å². The van der Waals surface area contributed by atoms with Gasteiger partial charge in [0.15, 0.2) is 0 Å². The molecule has 54 heavy (non-hydrogen) atoms. The lowest BCUT2D eigenvalue weighted by Crippen LogP contribution is -2.62. The molecule has 3 rings (SSSR count). The minimum absolute atomic E-state index is 0.0640. The molecule has 13 nitrogen and oxygen atoms in total. The molecule has 1 aliphatic heterocycles. The van der Waals surface area contributed by atoms with Gasteiger partial charge in [-0.2, -0.15) is 0 Å². The summed E-state index contributed by atoms with van der Waals surface area (Å²) in [6.45, 7) is 18.1. The molecular formula is C39H60F2N6O7. The molecule has 0 radical (unpaired) electrons. The average Bonchev–Trinajstić information content (AvgIpc) is 3.34. The maximum absolute atomic E-state index is 14.3. The van der Waals surface area contributed by atoms with Crippen LogP contribution in [0.2, 0.25) is 0 Å². The minimum Gasteiger partial charge on any atom is -0.458 e. The number of carbonyl (C=O) groups excluding carboxylic acids is 6. The highest BCUT2D eigenvalue weighted by atomic mass is 19.3. The van der Waals surface area contributed by atoms with Crippen molar-refractivity contribution in [1.82, 2.24) is 31.1 Å². The van der Waals surface area contributed by atoms with Gasteiger partial charge in [-0.1, -0.05) is 60.6 Å². The highest BCUT2D eigenvalue weighted by Gasteiger charge is 2.70. The Hall–Kier alpha value is -4.30. The predicted molar refractivity (Wildman–Crippen MR) is 199 cm³/mol. The fraction of sp³-hybridized carbons (Fsp3) is 0.692. The molecule has 0 bridgehead atoms. The summed E-state index contributed by atoms with van der Waals surface area (Å²) >= 11 is 0. The average molecular weight is 763 g/mol. The van der Waals surface area contributed by atoms with Gasteiger partial charge in [0.1, 0.15) is 29.8 Å². The van der Waals surface area contributed by atoms with Gasteiger partial charge in [0.25, 0.3) is 5.91 Å². The summed E-state index contributed by atoms with van der Waals surface area (Å²) in [5.74, 6) is -3.55. The molecule has 2 fully saturated rings. The van der Waals surface area contributed by atoms with Crippen molar-refractivity contribution in [3.05, 3.63) is 35.4 Å². The second-order valence-corrected chi connectivity index (χ2v) is 17.7. The second kappa shape index (κ2) is 17.0. The standard InChI is InChI=1S/C39H60F2N6O7/c1-21(2)28(35(52)54-38(6,7)8)44-36(53)45-30(37(3,4)5)34(51)47-20-24-27(39(24,9)10)29(47)32(49)43-25(19-26(40)41)31(48)42-18-17-22-13-15-23(16-14-22)33(50)46(11)12/h13-16,21,24-30H,17-20H2,1-12H3,(H,42,48)(H,43,49)(H2,44,45,53)/t24-,25-,27-,28-,29-,30+/m0/s1. The lowest BCUT2D eigenvalue weighted by Gasteiger charge is -2.38. The fourth-order valence-corrected chi connectivity index (χ4v) is 7.00. The predicted octanol–water partition coefficient (Wildman–Crippen LogP) is 3.75. The van der Waals surface area contributed by atoms with E-state index in [-0.39, 0.29) is 42.2 Å². The fourth-order valence-electron chi connectivity index (χ4n) is 7.00. The molecule has 6 amide bonds. The van der Waals surface area contributed by atoms with Gasteiger partial charge in [0, 0.05) is 39.2 Å². The zero-order valence-electron chi connectivity index (χ0n) is 33.8. The smallest absolute Gasteiger partial charge is 0.329 e.